The molecule has 4 heteroatoms. The van der Waals surface area contributed by atoms with Crippen molar-refractivity contribution < 1.29 is 9.59 Å². The number of hydrogen-bond acceptors (Lipinski definition) is 2. The van der Waals surface area contributed by atoms with Crippen LogP contribution >= 0.6 is 15.9 Å². The minimum Gasteiger partial charge on any atom is -0.355 e. The fourth-order valence-electron chi connectivity index (χ4n) is 2.44. The zero-order valence-electron chi connectivity index (χ0n) is 11.9. The van der Waals surface area contributed by atoms with Crippen LogP contribution in [-0.4, -0.2) is 23.6 Å². The number of nitrogens with one attached hydrogen (secondary N) is 1. The molecule has 0 fully saturated rings. The third-order valence-electron chi connectivity index (χ3n) is 3.83. The third kappa shape index (κ3) is 2.33. The summed E-state index contributed by atoms with van der Waals surface area (Å²) in [5, 5.41) is 2.58. The molecule has 0 aromatic heterocycles. The maximum Gasteiger partial charge on any atom is 0.255 e. The van der Waals surface area contributed by atoms with Crippen LogP contribution in [0.1, 0.15) is 36.2 Å². The zero-order valence-corrected chi connectivity index (χ0v) is 13.5. The smallest absolute Gasteiger partial charge is 0.255 e. The van der Waals surface area contributed by atoms with Crippen LogP contribution in [-0.2, 0) is 4.79 Å². The number of alkyl halides is 1. The van der Waals surface area contributed by atoms with Crippen molar-refractivity contribution in [2.45, 2.75) is 25.1 Å². The number of fused-ring (bicyclic) bond motifs is 1. The molecule has 2 unspecified atom stereocenters. The highest BCUT2D eigenvalue weighted by atomic mass is 79.9. The Kier molecular flexibility index (Phi) is 4.43. The van der Waals surface area contributed by atoms with E-state index in [0.29, 0.717) is 11.5 Å². The van der Waals surface area contributed by atoms with Crippen molar-refractivity contribution >= 4 is 33.2 Å². The standard InChI is InChI=1S/C16H18BrNO2/c1-4-9(2)14(17)12-10-7-5-6-8-11(10)15(19)13(12)16(20)18-3/h5-9,14H,4H2,1-3H3,(H,18,20). The summed E-state index contributed by atoms with van der Waals surface area (Å²) in [6.07, 6.45) is 0.969. The van der Waals surface area contributed by atoms with Crippen molar-refractivity contribution in [1.82, 2.24) is 5.32 Å². The van der Waals surface area contributed by atoms with Gasteiger partial charge in [0.1, 0.15) is 0 Å². The van der Waals surface area contributed by atoms with Gasteiger partial charge in [-0.25, -0.2) is 0 Å². The molecule has 2 atom stereocenters. The molecular formula is C16H18BrNO2. The molecule has 1 aliphatic carbocycles. The van der Waals surface area contributed by atoms with E-state index in [0.717, 1.165) is 17.6 Å². The summed E-state index contributed by atoms with van der Waals surface area (Å²) in [5.41, 5.74) is 2.59. The van der Waals surface area contributed by atoms with Gasteiger partial charge in [0.25, 0.3) is 5.91 Å². The summed E-state index contributed by atoms with van der Waals surface area (Å²) in [4.78, 5) is 24.6. The Morgan fingerprint density at radius 1 is 1.30 bits per heavy atom. The Morgan fingerprint density at radius 3 is 2.45 bits per heavy atom. The van der Waals surface area contributed by atoms with E-state index in [-0.39, 0.29) is 22.1 Å². The van der Waals surface area contributed by atoms with Gasteiger partial charge in [0.2, 0.25) is 0 Å². The molecule has 1 aliphatic rings. The van der Waals surface area contributed by atoms with Crippen molar-refractivity contribution in [3.05, 3.63) is 41.0 Å². The van der Waals surface area contributed by atoms with Crippen LogP contribution < -0.4 is 5.32 Å². The quantitative estimate of drug-likeness (QED) is 0.678. The van der Waals surface area contributed by atoms with Gasteiger partial charge in [-0.15, -0.1) is 0 Å². The first-order valence-electron chi connectivity index (χ1n) is 6.77. The fourth-order valence-corrected chi connectivity index (χ4v) is 3.29. The average molecular weight is 336 g/mol. The predicted octanol–water partition coefficient (Wildman–Crippen LogP) is 3.19. The fraction of sp³-hybridized carbons (Fsp3) is 0.375. The van der Waals surface area contributed by atoms with Crippen molar-refractivity contribution in [3.63, 3.8) is 0 Å². The molecule has 0 bridgehead atoms. The predicted molar refractivity (Wildman–Crippen MR) is 83.9 cm³/mol. The maximum atomic E-state index is 12.5. The molecule has 0 heterocycles. The molecule has 0 spiro atoms. The summed E-state index contributed by atoms with van der Waals surface area (Å²) in [6.45, 7) is 4.21. The number of amides is 1. The lowest BCUT2D eigenvalue weighted by atomic mass is 9.93. The molecule has 1 aromatic rings. The molecule has 0 saturated carbocycles. The number of rotatable bonds is 4. The molecule has 106 valence electrons. The van der Waals surface area contributed by atoms with Gasteiger partial charge in [0, 0.05) is 17.4 Å². The second-order valence-electron chi connectivity index (χ2n) is 5.03. The van der Waals surface area contributed by atoms with Crippen molar-refractivity contribution in [2.24, 2.45) is 5.92 Å². The lowest BCUT2D eigenvalue weighted by Gasteiger charge is -2.20. The number of likely N-dealkylation sites (N-methyl/N-ethyl adjacent to an activating group) is 1. The van der Waals surface area contributed by atoms with Crippen molar-refractivity contribution in [3.8, 4) is 0 Å². The van der Waals surface area contributed by atoms with Gasteiger partial charge in [0.15, 0.2) is 5.78 Å². The summed E-state index contributed by atoms with van der Waals surface area (Å²) in [7, 11) is 1.55. The van der Waals surface area contributed by atoms with Crippen LogP contribution in [0, 0.1) is 5.92 Å². The van der Waals surface area contributed by atoms with Gasteiger partial charge in [0.05, 0.1) is 5.57 Å². The zero-order chi connectivity index (χ0) is 14.9. The Balaban J connectivity index is 2.62. The number of ketones is 1. The number of carbonyl (C=O) groups excluding carboxylic acids is 2. The van der Waals surface area contributed by atoms with Crippen LogP contribution in [0.5, 0.6) is 0 Å². The van der Waals surface area contributed by atoms with E-state index >= 15 is 0 Å². The summed E-state index contributed by atoms with van der Waals surface area (Å²) < 4.78 is 0. The van der Waals surface area contributed by atoms with Crippen LogP contribution in [0.3, 0.4) is 0 Å². The molecule has 3 nitrogen and oxygen atoms in total. The molecule has 2 rings (SSSR count). The molecule has 0 aliphatic heterocycles. The number of carbonyl (C=O) groups is 2. The van der Waals surface area contributed by atoms with E-state index in [1.165, 1.54) is 0 Å². The Labute approximate surface area is 127 Å². The van der Waals surface area contributed by atoms with E-state index in [1.54, 1.807) is 13.1 Å². The van der Waals surface area contributed by atoms with E-state index in [4.69, 9.17) is 0 Å². The molecule has 1 aromatic carbocycles. The van der Waals surface area contributed by atoms with Gasteiger partial charge < -0.3 is 5.32 Å². The minimum atomic E-state index is -0.311. The molecular weight excluding hydrogens is 318 g/mol. The second-order valence-corrected chi connectivity index (χ2v) is 6.02. The minimum absolute atomic E-state index is 0.00704. The van der Waals surface area contributed by atoms with Crippen LogP contribution in [0.15, 0.2) is 29.8 Å². The molecule has 0 saturated heterocycles. The molecule has 0 radical (unpaired) electrons. The van der Waals surface area contributed by atoms with Crippen molar-refractivity contribution in [1.29, 1.82) is 0 Å². The van der Waals surface area contributed by atoms with E-state index in [9.17, 15) is 9.59 Å². The highest BCUT2D eigenvalue weighted by Crippen LogP contribution is 2.40. The number of benzene rings is 1. The van der Waals surface area contributed by atoms with Gasteiger partial charge >= 0.3 is 0 Å². The summed E-state index contributed by atoms with van der Waals surface area (Å²) in [5.74, 6) is -0.153. The monoisotopic (exact) mass is 335 g/mol. The lowest BCUT2D eigenvalue weighted by Crippen LogP contribution is -2.25. The maximum absolute atomic E-state index is 12.5. The van der Waals surface area contributed by atoms with E-state index in [1.807, 2.05) is 18.2 Å². The molecule has 1 N–H and O–H groups in total. The van der Waals surface area contributed by atoms with Gasteiger partial charge in [-0.05, 0) is 17.1 Å². The average Bonchev–Trinajstić information content (AvgIpc) is 2.78. The van der Waals surface area contributed by atoms with Gasteiger partial charge in [-0.1, -0.05) is 60.5 Å². The normalized spacial score (nSPS) is 16.9. The summed E-state index contributed by atoms with van der Waals surface area (Å²) in [6, 6.07) is 7.42. The number of Topliss-reactive ketones (excluding diaryl/α,β-unsaturated/α-hetero) is 1. The second kappa shape index (κ2) is 5.92. The highest BCUT2D eigenvalue weighted by molar-refractivity contribution is 9.09. The Morgan fingerprint density at radius 2 is 1.90 bits per heavy atom. The highest BCUT2D eigenvalue weighted by Gasteiger charge is 2.37. The van der Waals surface area contributed by atoms with Gasteiger partial charge in [-0.2, -0.15) is 0 Å². The van der Waals surface area contributed by atoms with E-state index < -0.39 is 0 Å². The Hall–Kier alpha value is -1.42. The lowest BCUT2D eigenvalue weighted by molar-refractivity contribution is -0.116. The third-order valence-corrected chi connectivity index (χ3v) is 5.19. The molecule has 20 heavy (non-hydrogen) atoms. The van der Waals surface area contributed by atoms with E-state index in [2.05, 4.69) is 35.1 Å². The Bertz CT molecular complexity index is 592. The SMILES string of the molecule is CCC(C)C(Br)C1=C(C(=O)NC)C(=O)c2ccccc21. The van der Waals surface area contributed by atoms with Crippen LogP contribution in [0.2, 0.25) is 0 Å². The number of allylic oxidation sites excluding steroid dienone is 1. The van der Waals surface area contributed by atoms with Crippen molar-refractivity contribution in [2.75, 3.05) is 7.05 Å². The topological polar surface area (TPSA) is 46.2 Å². The first-order chi connectivity index (χ1) is 9.52. The largest absolute Gasteiger partial charge is 0.355 e. The van der Waals surface area contributed by atoms with Crippen LogP contribution in [0.25, 0.3) is 5.57 Å². The van der Waals surface area contributed by atoms with Gasteiger partial charge in [-0.3, -0.25) is 9.59 Å². The summed E-state index contributed by atoms with van der Waals surface area (Å²) >= 11 is 3.68. The molecule has 1 amide bonds. The first-order valence-corrected chi connectivity index (χ1v) is 7.68. The first kappa shape index (κ1) is 15.0. The number of hydrogen-bond donors (Lipinski definition) is 1. The van der Waals surface area contributed by atoms with Crippen LogP contribution in [0.4, 0.5) is 0 Å². The number of halogens is 1.